The van der Waals surface area contributed by atoms with Crippen LogP contribution >= 0.6 is 0 Å². The number of rotatable bonds is 5. The minimum Gasteiger partial charge on any atom is -0.352 e. The number of hydrogen-bond acceptors (Lipinski definition) is 7. The van der Waals surface area contributed by atoms with E-state index in [-0.39, 0.29) is 0 Å². The maximum absolute atomic E-state index is 4.85. The van der Waals surface area contributed by atoms with Crippen LogP contribution in [0.2, 0.25) is 0 Å². The van der Waals surface area contributed by atoms with Gasteiger partial charge in [0.1, 0.15) is 12.0 Å². The van der Waals surface area contributed by atoms with E-state index in [0.29, 0.717) is 12.0 Å². The summed E-state index contributed by atoms with van der Waals surface area (Å²) in [4.78, 5) is 22.0. The Hall–Kier alpha value is -3.55. The van der Waals surface area contributed by atoms with Crippen molar-refractivity contribution in [1.29, 1.82) is 0 Å². The lowest BCUT2D eigenvalue weighted by Gasteiger charge is -2.23. The molecule has 1 aliphatic rings. The molecule has 1 aliphatic carbocycles. The van der Waals surface area contributed by atoms with E-state index in [1.54, 1.807) is 12.4 Å². The Morgan fingerprint density at radius 3 is 2.60 bits per heavy atom. The molecule has 4 heterocycles. The van der Waals surface area contributed by atoms with Gasteiger partial charge >= 0.3 is 0 Å². The van der Waals surface area contributed by atoms with Gasteiger partial charge in [-0.3, -0.25) is 4.40 Å². The van der Waals surface area contributed by atoms with E-state index in [0.717, 1.165) is 34.0 Å². The van der Waals surface area contributed by atoms with E-state index >= 15 is 0 Å². The number of hydrogen-bond donors (Lipinski definition) is 2. The number of nitrogens with one attached hydrogen (secondary N) is 2. The summed E-state index contributed by atoms with van der Waals surface area (Å²) in [6.45, 7) is 2.03. The predicted molar refractivity (Wildman–Crippen MR) is 117 cm³/mol. The Balaban J connectivity index is 1.47. The van der Waals surface area contributed by atoms with Crippen LogP contribution in [0, 0.1) is 6.92 Å². The number of pyridine rings is 1. The van der Waals surface area contributed by atoms with Gasteiger partial charge < -0.3 is 10.6 Å². The van der Waals surface area contributed by atoms with Crippen molar-refractivity contribution in [3.05, 3.63) is 55.0 Å². The minimum absolute atomic E-state index is 0.459. The van der Waals surface area contributed by atoms with Gasteiger partial charge in [-0.2, -0.15) is 0 Å². The second-order valence-electron chi connectivity index (χ2n) is 7.75. The van der Waals surface area contributed by atoms with Crippen molar-refractivity contribution < 1.29 is 0 Å². The zero-order chi connectivity index (χ0) is 20.3. The number of nitrogens with zero attached hydrogens (tertiary/aromatic N) is 6. The van der Waals surface area contributed by atoms with Crippen molar-refractivity contribution in [2.45, 2.75) is 45.1 Å². The summed E-state index contributed by atoms with van der Waals surface area (Å²) in [5.74, 6) is 0.688. The molecule has 0 aliphatic heterocycles. The van der Waals surface area contributed by atoms with Gasteiger partial charge in [-0.15, -0.1) is 0 Å². The number of aromatic nitrogens is 6. The Morgan fingerprint density at radius 2 is 1.77 bits per heavy atom. The van der Waals surface area contributed by atoms with E-state index in [1.165, 1.54) is 38.4 Å². The topological polar surface area (TPSA) is 92.9 Å². The van der Waals surface area contributed by atoms with Gasteiger partial charge in [0.05, 0.1) is 41.4 Å². The Morgan fingerprint density at radius 1 is 0.933 bits per heavy atom. The highest BCUT2D eigenvalue weighted by Gasteiger charge is 2.16. The highest BCUT2D eigenvalue weighted by atomic mass is 15.1. The zero-order valence-corrected chi connectivity index (χ0v) is 16.9. The molecule has 4 aromatic rings. The Kier molecular flexibility index (Phi) is 4.96. The maximum Gasteiger partial charge on any atom is 0.223 e. The van der Waals surface area contributed by atoms with Crippen molar-refractivity contribution >= 4 is 23.0 Å². The standard InChI is InChI=1S/C22H24N8/c1-15-9-26-22(28-16-5-3-2-4-6-16)29-21(15)19-12-25-20-8-7-17(13-30(19)20)27-18-10-23-14-24-11-18/h7-14,16,27H,2-6H2,1H3,(H,26,28,29). The third kappa shape index (κ3) is 3.80. The normalized spacial score (nSPS) is 14.7. The largest absolute Gasteiger partial charge is 0.352 e. The SMILES string of the molecule is Cc1cnc(NC2CCCCC2)nc1-c1cnc2ccc(Nc3cncnc3)cn12. The fourth-order valence-corrected chi connectivity index (χ4v) is 3.96. The van der Waals surface area contributed by atoms with E-state index < -0.39 is 0 Å². The van der Waals surface area contributed by atoms with Crippen LogP contribution in [0.5, 0.6) is 0 Å². The molecule has 0 spiro atoms. The molecular formula is C22H24N8. The summed E-state index contributed by atoms with van der Waals surface area (Å²) < 4.78 is 2.05. The summed E-state index contributed by atoms with van der Waals surface area (Å²) in [6.07, 6.45) is 17.0. The van der Waals surface area contributed by atoms with Crippen LogP contribution in [0.15, 0.2) is 49.4 Å². The second-order valence-corrected chi connectivity index (χ2v) is 7.75. The molecule has 1 fully saturated rings. The summed E-state index contributed by atoms with van der Waals surface area (Å²) in [5, 5.41) is 6.85. The number of aryl methyl sites for hydroxylation is 1. The van der Waals surface area contributed by atoms with E-state index in [9.17, 15) is 0 Å². The lowest BCUT2D eigenvalue weighted by molar-refractivity contribution is 0.461. The molecule has 1 saturated carbocycles. The number of fused-ring (bicyclic) bond motifs is 1. The van der Waals surface area contributed by atoms with Crippen LogP contribution in [0.25, 0.3) is 17.0 Å². The third-order valence-corrected chi connectivity index (χ3v) is 5.51. The van der Waals surface area contributed by atoms with Crippen molar-refractivity contribution in [3.63, 3.8) is 0 Å². The van der Waals surface area contributed by atoms with Crippen LogP contribution in [0.4, 0.5) is 17.3 Å². The smallest absolute Gasteiger partial charge is 0.223 e. The second kappa shape index (κ2) is 8.06. The maximum atomic E-state index is 4.85. The molecule has 2 N–H and O–H groups in total. The zero-order valence-electron chi connectivity index (χ0n) is 16.9. The van der Waals surface area contributed by atoms with Crippen LogP contribution in [-0.4, -0.2) is 35.4 Å². The fourth-order valence-electron chi connectivity index (χ4n) is 3.96. The Labute approximate surface area is 174 Å². The van der Waals surface area contributed by atoms with Gasteiger partial charge in [-0.1, -0.05) is 19.3 Å². The predicted octanol–water partition coefficient (Wildman–Crippen LogP) is 4.38. The molecule has 0 saturated heterocycles. The first-order valence-corrected chi connectivity index (χ1v) is 10.4. The summed E-state index contributed by atoms with van der Waals surface area (Å²) in [7, 11) is 0. The van der Waals surface area contributed by atoms with Crippen molar-refractivity contribution in [2.75, 3.05) is 10.6 Å². The average Bonchev–Trinajstić information content (AvgIpc) is 3.20. The Bertz CT molecular complexity index is 1150. The molecule has 5 rings (SSSR count). The molecule has 0 atom stereocenters. The molecule has 0 amide bonds. The third-order valence-electron chi connectivity index (χ3n) is 5.51. The van der Waals surface area contributed by atoms with Gasteiger partial charge in [0.25, 0.3) is 0 Å². The summed E-state index contributed by atoms with van der Waals surface area (Å²) in [6, 6.07) is 4.43. The molecule has 152 valence electrons. The lowest BCUT2D eigenvalue weighted by atomic mass is 9.96. The van der Waals surface area contributed by atoms with Gasteiger partial charge in [0, 0.05) is 18.4 Å². The summed E-state index contributed by atoms with van der Waals surface area (Å²) >= 11 is 0. The molecule has 0 bridgehead atoms. The summed E-state index contributed by atoms with van der Waals surface area (Å²) in [5.41, 5.74) is 5.44. The van der Waals surface area contributed by atoms with Crippen molar-refractivity contribution in [1.82, 2.24) is 29.3 Å². The molecule has 4 aromatic heterocycles. The highest BCUT2D eigenvalue weighted by Crippen LogP contribution is 2.26. The molecule has 0 radical (unpaired) electrons. The first-order valence-electron chi connectivity index (χ1n) is 10.4. The quantitative estimate of drug-likeness (QED) is 0.513. The van der Waals surface area contributed by atoms with Crippen molar-refractivity contribution in [3.8, 4) is 11.4 Å². The van der Waals surface area contributed by atoms with E-state index in [1.807, 2.05) is 42.0 Å². The first kappa shape index (κ1) is 18.5. The van der Waals surface area contributed by atoms with E-state index in [4.69, 9.17) is 4.98 Å². The van der Waals surface area contributed by atoms with Crippen LogP contribution < -0.4 is 10.6 Å². The van der Waals surface area contributed by atoms with E-state index in [2.05, 4.69) is 30.6 Å². The van der Waals surface area contributed by atoms with Gasteiger partial charge in [0.2, 0.25) is 5.95 Å². The highest BCUT2D eigenvalue weighted by molar-refractivity contribution is 5.67. The van der Waals surface area contributed by atoms with Crippen molar-refractivity contribution in [2.24, 2.45) is 0 Å². The fraction of sp³-hybridized carbons (Fsp3) is 0.318. The molecule has 30 heavy (non-hydrogen) atoms. The van der Waals surface area contributed by atoms with Gasteiger partial charge in [-0.25, -0.2) is 24.9 Å². The van der Waals surface area contributed by atoms with Gasteiger partial charge in [-0.05, 0) is 37.5 Å². The molecular weight excluding hydrogens is 376 g/mol. The minimum atomic E-state index is 0.459. The monoisotopic (exact) mass is 400 g/mol. The van der Waals surface area contributed by atoms with Crippen LogP contribution in [0.3, 0.4) is 0 Å². The van der Waals surface area contributed by atoms with Crippen LogP contribution in [-0.2, 0) is 0 Å². The van der Waals surface area contributed by atoms with Crippen LogP contribution in [0.1, 0.15) is 37.7 Å². The molecule has 0 aromatic carbocycles. The number of anilines is 3. The molecule has 8 heteroatoms. The molecule has 8 nitrogen and oxygen atoms in total. The average molecular weight is 400 g/mol. The van der Waals surface area contributed by atoms with Gasteiger partial charge in [0.15, 0.2) is 0 Å². The first-order chi connectivity index (χ1) is 14.8. The lowest BCUT2D eigenvalue weighted by Crippen LogP contribution is -2.23. The number of imidazole rings is 1. The molecule has 0 unspecified atom stereocenters.